The highest BCUT2D eigenvalue weighted by atomic mass is 16.5. The van der Waals surface area contributed by atoms with Gasteiger partial charge in [0.15, 0.2) is 0 Å². The molecular weight excluding hydrogens is 384 g/mol. The monoisotopic (exact) mass is 404 g/mol. The first-order valence-corrected chi connectivity index (χ1v) is 10.1. The molecule has 1 aromatic heterocycles. The third-order valence-electron chi connectivity index (χ3n) is 5.38. The van der Waals surface area contributed by atoms with Gasteiger partial charge in [0.2, 0.25) is 0 Å². The number of furan rings is 1. The molecule has 3 heteroatoms. The maximum atomic E-state index is 12.1. The predicted octanol–water partition coefficient (Wildman–Crippen LogP) is 7.22. The van der Waals surface area contributed by atoms with Crippen molar-refractivity contribution in [3.63, 3.8) is 0 Å². The zero-order chi connectivity index (χ0) is 21.2. The zero-order valence-corrected chi connectivity index (χ0v) is 17.0. The maximum absolute atomic E-state index is 12.1. The first-order valence-electron chi connectivity index (χ1n) is 10.1. The second-order valence-electron chi connectivity index (χ2n) is 7.36. The summed E-state index contributed by atoms with van der Waals surface area (Å²) in [5.41, 5.74) is 6.37. The normalized spacial score (nSPS) is 10.9. The van der Waals surface area contributed by atoms with Crippen molar-refractivity contribution in [2.45, 2.75) is 0 Å². The summed E-state index contributed by atoms with van der Waals surface area (Å²) in [5.74, 6) is 0.452. The van der Waals surface area contributed by atoms with E-state index in [-0.39, 0.29) is 5.97 Å². The molecule has 0 aliphatic carbocycles. The molecule has 4 aromatic carbocycles. The van der Waals surface area contributed by atoms with Crippen LogP contribution in [0.2, 0.25) is 0 Å². The number of carbonyl (C=O) groups is 1. The lowest BCUT2D eigenvalue weighted by Crippen LogP contribution is -2.00. The molecule has 0 bridgehead atoms. The van der Waals surface area contributed by atoms with Gasteiger partial charge in [-0.1, -0.05) is 72.8 Å². The summed E-state index contributed by atoms with van der Waals surface area (Å²) in [5, 5.41) is 1.01. The Balaban J connectivity index is 1.75. The van der Waals surface area contributed by atoms with E-state index in [9.17, 15) is 4.79 Å². The molecule has 0 fully saturated rings. The fourth-order valence-electron chi connectivity index (χ4n) is 3.84. The Morgan fingerprint density at radius 2 is 1.35 bits per heavy atom. The molecule has 0 saturated heterocycles. The number of rotatable bonds is 4. The molecule has 0 amide bonds. The largest absolute Gasteiger partial charge is 0.465 e. The van der Waals surface area contributed by atoms with Gasteiger partial charge in [-0.05, 0) is 47.0 Å². The van der Waals surface area contributed by atoms with E-state index in [0.29, 0.717) is 5.56 Å². The highest BCUT2D eigenvalue weighted by Gasteiger charge is 2.15. The average molecular weight is 404 g/mol. The van der Waals surface area contributed by atoms with Gasteiger partial charge in [0.25, 0.3) is 0 Å². The molecule has 1 heterocycles. The van der Waals surface area contributed by atoms with Crippen LogP contribution in [-0.2, 0) is 4.74 Å². The lowest BCUT2D eigenvalue weighted by Gasteiger charge is -2.09. The van der Waals surface area contributed by atoms with Crippen molar-refractivity contribution in [3.8, 4) is 33.6 Å². The van der Waals surface area contributed by atoms with Gasteiger partial charge in [0, 0.05) is 16.5 Å². The van der Waals surface area contributed by atoms with Crippen LogP contribution in [0.15, 0.2) is 108 Å². The summed E-state index contributed by atoms with van der Waals surface area (Å²) in [6.07, 6.45) is 0. The van der Waals surface area contributed by atoms with Crippen molar-refractivity contribution in [3.05, 3.63) is 109 Å². The summed E-state index contributed by atoms with van der Waals surface area (Å²) in [6.45, 7) is 0. The van der Waals surface area contributed by atoms with Crippen LogP contribution in [-0.4, -0.2) is 13.1 Å². The molecule has 5 aromatic rings. The SMILES string of the molecule is COC(=O)c1cccc(-c2cc(-c3ccccc3)cc3cc(-c4ccccc4)oc23)c1. The molecule has 3 nitrogen and oxygen atoms in total. The first kappa shape index (κ1) is 18.9. The third-order valence-corrected chi connectivity index (χ3v) is 5.38. The van der Waals surface area contributed by atoms with E-state index in [1.54, 1.807) is 6.07 Å². The molecule has 0 unspecified atom stereocenters. The van der Waals surface area contributed by atoms with E-state index in [4.69, 9.17) is 9.15 Å². The second-order valence-corrected chi connectivity index (χ2v) is 7.36. The van der Waals surface area contributed by atoms with E-state index in [1.165, 1.54) is 7.11 Å². The molecule has 0 atom stereocenters. The molecule has 0 saturated carbocycles. The van der Waals surface area contributed by atoms with Gasteiger partial charge in [-0.2, -0.15) is 0 Å². The maximum Gasteiger partial charge on any atom is 0.337 e. The van der Waals surface area contributed by atoms with Crippen molar-refractivity contribution in [2.24, 2.45) is 0 Å². The van der Waals surface area contributed by atoms with Crippen LogP contribution in [0.25, 0.3) is 44.5 Å². The van der Waals surface area contributed by atoms with E-state index < -0.39 is 0 Å². The summed E-state index contributed by atoms with van der Waals surface area (Å²) in [6, 6.07) is 34.1. The Kier molecular flexibility index (Phi) is 4.85. The van der Waals surface area contributed by atoms with Crippen molar-refractivity contribution < 1.29 is 13.9 Å². The molecule has 0 aliphatic rings. The van der Waals surface area contributed by atoms with Gasteiger partial charge in [0.05, 0.1) is 12.7 Å². The Labute approximate surface area is 180 Å². The number of methoxy groups -OCH3 is 1. The Bertz CT molecular complexity index is 1370. The number of benzene rings is 4. The van der Waals surface area contributed by atoms with Gasteiger partial charge in [0.1, 0.15) is 11.3 Å². The van der Waals surface area contributed by atoms with Crippen LogP contribution in [0, 0.1) is 0 Å². The van der Waals surface area contributed by atoms with Gasteiger partial charge in [-0.3, -0.25) is 0 Å². The lowest BCUT2D eigenvalue weighted by molar-refractivity contribution is 0.0601. The van der Waals surface area contributed by atoms with Gasteiger partial charge < -0.3 is 9.15 Å². The Hall–Kier alpha value is -4.11. The van der Waals surface area contributed by atoms with Crippen molar-refractivity contribution in [1.29, 1.82) is 0 Å². The van der Waals surface area contributed by atoms with Crippen LogP contribution >= 0.6 is 0 Å². The first-order chi connectivity index (χ1) is 15.2. The van der Waals surface area contributed by atoms with Crippen molar-refractivity contribution >= 4 is 16.9 Å². The summed E-state index contributed by atoms with van der Waals surface area (Å²) < 4.78 is 11.2. The molecule has 0 spiro atoms. The molecule has 31 heavy (non-hydrogen) atoms. The van der Waals surface area contributed by atoms with E-state index in [0.717, 1.165) is 44.5 Å². The quantitative estimate of drug-likeness (QED) is 0.297. The predicted molar refractivity (Wildman–Crippen MR) is 124 cm³/mol. The number of esters is 1. The van der Waals surface area contributed by atoms with Crippen LogP contribution in [0.1, 0.15) is 10.4 Å². The molecule has 0 radical (unpaired) electrons. The number of ether oxygens (including phenoxy) is 1. The van der Waals surface area contributed by atoms with Crippen molar-refractivity contribution in [2.75, 3.05) is 7.11 Å². The number of carbonyl (C=O) groups excluding carboxylic acids is 1. The fourth-order valence-corrected chi connectivity index (χ4v) is 3.84. The minimum absolute atomic E-state index is 0.360. The Morgan fingerprint density at radius 1 is 0.677 bits per heavy atom. The third kappa shape index (κ3) is 3.62. The Morgan fingerprint density at radius 3 is 2.06 bits per heavy atom. The standard InChI is InChI=1S/C28H20O3/c1-30-28(29)22-14-8-13-21(15-22)25-17-23(19-9-4-2-5-10-19)16-24-18-26(31-27(24)25)20-11-6-3-7-12-20/h2-18H,1H3. The topological polar surface area (TPSA) is 39.4 Å². The minimum Gasteiger partial charge on any atom is -0.465 e. The van der Waals surface area contributed by atoms with Gasteiger partial charge in [-0.25, -0.2) is 4.79 Å². The van der Waals surface area contributed by atoms with E-state index >= 15 is 0 Å². The molecule has 0 aliphatic heterocycles. The minimum atomic E-state index is -0.360. The van der Waals surface area contributed by atoms with Crippen LogP contribution in [0.4, 0.5) is 0 Å². The average Bonchev–Trinajstić information content (AvgIpc) is 3.28. The molecule has 150 valence electrons. The molecule has 0 N–H and O–H groups in total. The zero-order valence-electron chi connectivity index (χ0n) is 17.0. The van der Waals surface area contributed by atoms with Gasteiger partial charge >= 0.3 is 5.97 Å². The van der Waals surface area contributed by atoms with Crippen LogP contribution < -0.4 is 0 Å². The second kappa shape index (κ2) is 7.96. The van der Waals surface area contributed by atoms with Crippen molar-refractivity contribution in [1.82, 2.24) is 0 Å². The van der Waals surface area contributed by atoms with E-state index in [1.807, 2.05) is 66.7 Å². The number of hydrogen-bond donors (Lipinski definition) is 0. The number of fused-ring (bicyclic) bond motifs is 1. The summed E-state index contributed by atoms with van der Waals surface area (Å²) in [4.78, 5) is 12.1. The van der Waals surface area contributed by atoms with Crippen LogP contribution in [0.3, 0.4) is 0 Å². The number of hydrogen-bond acceptors (Lipinski definition) is 3. The van der Waals surface area contributed by atoms with Gasteiger partial charge in [-0.15, -0.1) is 0 Å². The molecule has 5 rings (SSSR count). The van der Waals surface area contributed by atoms with E-state index in [2.05, 4.69) is 30.3 Å². The highest BCUT2D eigenvalue weighted by molar-refractivity contribution is 6.00. The summed E-state index contributed by atoms with van der Waals surface area (Å²) >= 11 is 0. The van der Waals surface area contributed by atoms with Crippen LogP contribution in [0.5, 0.6) is 0 Å². The smallest absolute Gasteiger partial charge is 0.337 e. The summed E-state index contributed by atoms with van der Waals surface area (Å²) in [7, 11) is 1.39. The highest BCUT2D eigenvalue weighted by Crippen LogP contribution is 2.38. The molecular formula is C28H20O3. The lowest BCUT2D eigenvalue weighted by atomic mass is 9.96. The fraction of sp³-hybridized carbons (Fsp3) is 0.0357.